The molecular formula is C22H24N6O3. The van der Waals surface area contributed by atoms with Gasteiger partial charge in [-0.25, -0.2) is 14.5 Å². The Bertz CT molecular complexity index is 1180. The summed E-state index contributed by atoms with van der Waals surface area (Å²) < 4.78 is 1.79. The molecule has 1 fully saturated rings. The average Bonchev–Trinajstić information content (AvgIpc) is 3.23. The maximum Gasteiger partial charge on any atom is 0.325 e. The number of nitrogens with zero attached hydrogens (tertiary/aromatic N) is 4. The number of urea groups is 1. The van der Waals surface area contributed by atoms with Crippen molar-refractivity contribution >= 4 is 34.6 Å². The van der Waals surface area contributed by atoms with Crippen molar-refractivity contribution in [1.29, 1.82) is 0 Å². The van der Waals surface area contributed by atoms with Gasteiger partial charge in [-0.1, -0.05) is 29.8 Å². The molecule has 1 saturated heterocycles. The number of anilines is 1. The molecule has 0 spiro atoms. The van der Waals surface area contributed by atoms with Crippen LogP contribution in [0.3, 0.4) is 0 Å². The van der Waals surface area contributed by atoms with Gasteiger partial charge in [-0.3, -0.25) is 14.5 Å². The van der Waals surface area contributed by atoms with Crippen LogP contribution in [0.2, 0.25) is 0 Å². The molecule has 1 atom stereocenters. The molecule has 3 aromatic rings. The molecule has 3 heterocycles. The first-order valence-corrected chi connectivity index (χ1v) is 10.0. The highest BCUT2D eigenvalue weighted by Crippen LogP contribution is 2.29. The van der Waals surface area contributed by atoms with E-state index in [0.29, 0.717) is 11.3 Å². The van der Waals surface area contributed by atoms with Crippen molar-refractivity contribution in [1.82, 2.24) is 25.0 Å². The summed E-state index contributed by atoms with van der Waals surface area (Å²) in [7, 11) is 0. The van der Waals surface area contributed by atoms with Crippen LogP contribution in [0.15, 0.2) is 42.7 Å². The topological polar surface area (TPSA) is 109 Å². The Kier molecular flexibility index (Phi) is 4.96. The number of carbonyl (C=O) groups is 3. The maximum absolute atomic E-state index is 13.0. The molecule has 2 N–H and O–H groups in total. The summed E-state index contributed by atoms with van der Waals surface area (Å²) in [6.07, 6.45) is 3.21. The second-order valence-electron chi connectivity index (χ2n) is 8.18. The van der Waals surface area contributed by atoms with Gasteiger partial charge in [-0.2, -0.15) is 5.10 Å². The fourth-order valence-electron chi connectivity index (χ4n) is 3.65. The Morgan fingerprint density at radius 1 is 1.19 bits per heavy atom. The SMILES string of the molecule is Cc1ccc(C2(C)NC(=O)N(CC(=O)Nc3cnc4c(cnn4C(C)C)c3)C2=O)cc1. The lowest BCUT2D eigenvalue weighted by Crippen LogP contribution is -2.42. The summed E-state index contributed by atoms with van der Waals surface area (Å²) >= 11 is 0. The van der Waals surface area contributed by atoms with Gasteiger partial charge in [0.25, 0.3) is 5.91 Å². The largest absolute Gasteiger partial charge is 0.325 e. The van der Waals surface area contributed by atoms with Crippen molar-refractivity contribution in [2.75, 3.05) is 11.9 Å². The third-order valence-electron chi connectivity index (χ3n) is 5.41. The second kappa shape index (κ2) is 7.50. The molecular weight excluding hydrogens is 396 g/mol. The van der Waals surface area contributed by atoms with Gasteiger partial charge < -0.3 is 10.6 Å². The van der Waals surface area contributed by atoms with Crippen LogP contribution in [-0.4, -0.2) is 44.1 Å². The number of fused-ring (bicyclic) bond motifs is 1. The molecule has 1 aliphatic heterocycles. The van der Waals surface area contributed by atoms with E-state index in [-0.39, 0.29) is 6.04 Å². The smallest absolute Gasteiger partial charge is 0.323 e. The van der Waals surface area contributed by atoms with E-state index >= 15 is 0 Å². The number of hydrogen-bond donors (Lipinski definition) is 2. The minimum atomic E-state index is -1.21. The quantitative estimate of drug-likeness (QED) is 0.617. The van der Waals surface area contributed by atoms with E-state index in [2.05, 4.69) is 20.7 Å². The predicted molar refractivity (Wildman–Crippen MR) is 115 cm³/mol. The van der Waals surface area contributed by atoms with Crippen LogP contribution in [0.25, 0.3) is 11.0 Å². The number of imide groups is 1. The third kappa shape index (κ3) is 3.63. The molecule has 0 saturated carbocycles. The zero-order valence-electron chi connectivity index (χ0n) is 17.8. The van der Waals surface area contributed by atoms with Crippen LogP contribution in [0, 0.1) is 6.92 Å². The second-order valence-corrected chi connectivity index (χ2v) is 8.18. The Balaban J connectivity index is 1.48. The molecule has 0 aliphatic carbocycles. The number of nitrogens with one attached hydrogen (secondary N) is 2. The van der Waals surface area contributed by atoms with Crippen LogP contribution >= 0.6 is 0 Å². The molecule has 1 aromatic carbocycles. The molecule has 1 unspecified atom stereocenters. The molecule has 1 aliphatic rings. The minimum absolute atomic E-state index is 0.160. The highest BCUT2D eigenvalue weighted by atomic mass is 16.2. The molecule has 9 nitrogen and oxygen atoms in total. The molecule has 2 aromatic heterocycles. The molecule has 0 radical (unpaired) electrons. The monoisotopic (exact) mass is 420 g/mol. The molecule has 4 rings (SSSR count). The number of rotatable bonds is 5. The van der Waals surface area contributed by atoms with Gasteiger partial charge in [-0.15, -0.1) is 0 Å². The van der Waals surface area contributed by atoms with Crippen molar-refractivity contribution in [2.45, 2.75) is 39.3 Å². The van der Waals surface area contributed by atoms with Crippen LogP contribution in [0.5, 0.6) is 0 Å². The van der Waals surface area contributed by atoms with Gasteiger partial charge in [0.1, 0.15) is 12.1 Å². The number of amides is 4. The Labute approximate surface area is 179 Å². The van der Waals surface area contributed by atoms with E-state index in [1.54, 1.807) is 36.0 Å². The summed E-state index contributed by atoms with van der Waals surface area (Å²) in [5.74, 6) is -0.961. The highest BCUT2D eigenvalue weighted by molar-refractivity contribution is 6.10. The van der Waals surface area contributed by atoms with Gasteiger partial charge in [0.2, 0.25) is 5.91 Å². The van der Waals surface area contributed by atoms with Crippen LogP contribution in [0.4, 0.5) is 10.5 Å². The Morgan fingerprint density at radius 2 is 1.90 bits per heavy atom. The zero-order chi connectivity index (χ0) is 22.3. The number of aryl methyl sites for hydroxylation is 1. The molecule has 31 heavy (non-hydrogen) atoms. The van der Waals surface area contributed by atoms with Gasteiger partial charge in [0.05, 0.1) is 18.1 Å². The fourth-order valence-corrected chi connectivity index (χ4v) is 3.65. The van der Waals surface area contributed by atoms with Crippen molar-refractivity contribution in [3.05, 3.63) is 53.9 Å². The number of pyridine rings is 1. The Hall–Kier alpha value is -3.75. The number of hydrogen-bond acceptors (Lipinski definition) is 5. The van der Waals surface area contributed by atoms with E-state index in [4.69, 9.17) is 0 Å². The minimum Gasteiger partial charge on any atom is -0.323 e. The van der Waals surface area contributed by atoms with Gasteiger partial charge in [0, 0.05) is 11.4 Å². The summed E-state index contributed by atoms with van der Waals surface area (Å²) in [6, 6.07) is 8.67. The molecule has 9 heteroatoms. The predicted octanol–water partition coefficient (Wildman–Crippen LogP) is 2.73. The summed E-state index contributed by atoms with van der Waals surface area (Å²) in [6.45, 7) is 7.20. The fraction of sp³-hybridized carbons (Fsp3) is 0.318. The van der Waals surface area contributed by atoms with Gasteiger partial charge in [-0.05, 0) is 39.3 Å². The van der Waals surface area contributed by atoms with E-state index < -0.39 is 29.9 Å². The highest BCUT2D eigenvalue weighted by Gasteiger charge is 2.49. The van der Waals surface area contributed by atoms with Gasteiger partial charge in [0.15, 0.2) is 5.65 Å². The number of aromatic nitrogens is 3. The van der Waals surface area contributed by atoms with Crippen LogP contribution in [0.1, 0.15) is 37.9 Å². The molecule has 0 bridgehead atoms. The van der Waals surface area contributed by atoms with E-state index in [1.807, 2.05) is 32.9 Å². The van der Waals surface area contributed by atoms with E-state index in [1.165, 1.54) is 6.20 Å². The van der Waals surface area contributed by atoms with Crippen molar-refractivity contribution in [3.8, 4) is 0 Å². The lowest BCUT2D eigenvalue weighted by atomic mass is 9.91. The van der Waals surface area contributed by atoms with Crippen molar-refractivity contribution < 1.29 is 14.4 Å². The molecule has 160 valence electrons. The average molecular weight is 420 g/mol. The van der Waals surface area contributed by atoms with Crippen molar-refractivity contribution in [3.63, 3.8) is 0 Å². The van der Waals surface area contributed by atoms with Crippen LogP contribution < -0.4 is 10.6 Å². The zero-order valence-corrected chi connectivity index (χ0v) is 17.8. The Morgan fingerprint density at radius 3 is 2.58 bits per heavy atom. The van der Waals surface area contributed by atoms with Crippen molar-refractivity contribution in [2.24, 2.45) is 0 Å². The first kappa shape index (κ1) is 20.5. The maximum atomic E-state index is 13.0. The normalized spacial score (nSPS) is 18.7. The van der Waals surface area contributed by atoms with Crippen LogP contribution in [-0.2, 0) is 15.1 Å². The van der Waals surface area contributed by atoms with E-state index in [0.717, 1.165) is 21.5 Å². The summed E-state index contributed by atoms with van der Waals surface area (Å²) in [5, 5.41) is 10.5. The lowest BCUT2D eigenvalue weighted by Gasteiger charge is -2.22. The first-order chi connectivity index (χ1) is 14.7. The lowest BCUT2D eigenvalue weighted by molar-refractivity contribution is -0.133. The number of benzene rings is 1. The first-order valence-electron chi connectivity index (χ1n) is 10.0. The van der Waals surface area contributed by atoms with Gasteiger partial charge >= 0.3 is 6.03 Å². The third-order valence-corrected chi connectivity index (χ3v) is 5.41. The number of carbonyl (C=O) groups excluding carboxylic acids is 3. The summed E-state index contributed by atoms with van der Waals surface area (Å²) in [5.41, 5.74) is 1.68. The standard InChI is InChI=1S/C22H24N6O3/c1-13(2)28-19-15(10-24-28)9-17(11-23-19)25-18(29)12-27-20(30)22(4,26-21(27)31)16-7-5-14(3)6-8-16/h5-11,13H,12H2,1-4H3,(H,25,29)(H,26,31). The molecule has 4 amide bonds. The van der Waals surface area contributed by atoms with E-state index in [9.17, 15) is 14.4 Å². The summed E-state index contributed by atoms with van der Waals surface area (Å²) in [4.78, 5) is 43.3.